The van der Waals surface area contributed by atoms with Crippen LogP contribution < -0.4 is 4.90 Å². The number of rotatable bonds is 6. The van der Waals surface area contributed by atoms with E-state index in [9.17, 15) is 14.4 Å². The number of nitrogens with zero attached hydrogens (tertiary/aromatic N) is 7. The number of benzene rings is 1. The van der Waals surface area contributed by atoms with Crippen molar-refractivity contribution < 1.29 is 28.6 Å². The highest BCUT2D eigenvalue weighted by Crippen LogP contribution is 2.29. The Morgan fingerprint density at radius 1 is 0.977 bits per heavy atom. The lowest BCUT2D eigenvalue weighted by atomic mass is 9.99. The van der Waals surface area contributed by atoms with Crippen molar-refractivity contribution in [2.75, 3.05) is 31.2 Å². The van der Waals surface area contributed by atoms with Gasteiger partial charge in [-0.05, 0) is 47.6 Å². The van der Waals surface area contributed by atoms with E-state index < -0.39 is 23.4 Å². The SMILES string of the molecule is [C-]#[N+]c1ccc(-c2ncc(CN(C(=O)OC(C)(C)C)C(=O)OC(C)(C)C)cn2)c(C(=O)c2cc(N3CCOCC3)nn2C)c1. The average Bonchev–Trinajstić information content (AvgIpc) is 3.35. The number of hydrogen-bond acceptors (Lipinski definition) is 10. The van der Waals surface area contributed by atoms with Gasteiger partial charge in [0.05, 0.1) is 26.3 Å². The quantitative estimate of drug-likeness (QED) is 0.274. The molecule has 13 nitrogen and oxygen atoms in total. The molecule has 0 N–H and O–H groups in total. The summed E-state index contributed by atoms with van der Waals surface area (Å²) in [6.45, 7) is 20.0. The van der Waals surface area contributed by atoms with Crippen LogP contribution in [0.3, 0.4) is 0 Å². The maximum absolute atomic E-state index is 13.8. The third-order valence-corrected chi connectivity index (χ3v) is 6.33. The Labute approximate surface area is 256 Å². The van der Waals surface area contributed by atoms with E-state index in [0.29, 0.717) is 48.9 Å². The Morgan fingerprint density at radius 2 is 1.57 bits per heavy atom. The highest BCUT2D eigenvalue weighted by atomic mass is 16.6. The number of aryl methyl sites for hydroxylation is 1. The third-order valence-electron chi connectivity index (χ3n) is 6.33. The monoisotopic (exact) mass is 603 g/mol. The highest BCUT2D eigenvalue weighted by molar-refractivity contribution is 6.12. The molecule has 44 heavy (non-hydrogen) atoms. The van der Waals surface area contributed by atoms with Gasteiger partial charge < -0.3 is 19.1 Å². The Kier molecular flexibility index (Phi) is 9.34. The molecule has 3 aromatic rings. The van der Waals surface area contributed by atoms with Gasteiger partial charge in [-0.3, -0.25) is 9.48 Å². The van der Waals surface area contributed by atoms with Gasteiger partial charge in [-0.1, -0.05) is 12.1 Å². The van der Waals surface area contributed by atoms with Crippen molar-refractivity contribution >= 4 is 29.5 Å². The molecule has 0 saturated carbocycles. The predicted molar refractivity (Wildman–Crippen MR) is 161 cm³/mol. The molecular weight excluding hydrogens is 566 g/mol. The molecule has 0 spiro atoms. The number of hydrogen-bond donors (Lipinski definition) is 0. The lowest BCUT2D eigenvalue weighted by Crippen LogP contribution is -2.43. The molecule has 0 atom stereocenters. The molecule has 1 aliphatic heterocycles. The van der Waals surface area contributed by atoms with Gasteiger partial charge in [0.15, 0.2) is 17.3 Å². The number of carbonyl (C=O) groups is 3. The lowest BCUT2D eigenvalue weighted by molar-refractivity contribution is -0.000295. The number of imide groups is 1. The van der Waals surface area contributed by atoms with Crippen LogP contribution in [0.2, 0.25) is 0 Å². The zero-order valence-corrected chi connectivity index (χ0v) is 26.1. The van der Waals surface area contributed by atoms with Gasteiger partial charge in [-0.25, -0.2) is 29.3 Å². The van der Waals surface area contributed by atoms with E-state index in [0.717, 1.165) is 4.90 Å². The van der Waals surface area contributed by atoms with Gasteiger partial charge in [-0.2, -0.15) is 5.10 Å². The van der Waals surface area contributed by atoms with Crippen molar-refractivity contribution in [3.8, 4) is 11.4 Å². The first-order valence-electron chi connectivity index (χ1n) is 14.1. The van der Waals surface area contributed by atoms with Crippen LogP contribution in [-0.2, 0) is 27.8 Å². The van der Waals surface area contributed by atoms with E-state index in [1.54, 1.807) is 66.8 Å². The van der Waals surface area contributed by atoms with E-state index in [-0.39, 0.29) is 29.4 Å². The van der Waals surface area contributed by atoms with Crippen LogP contribution >= 0.6 is 0 Å². The van der Waals surface area contributed by atoms with Gasteiger partial charge >= 0.3 is 12.2 Å². The van der Waals surface area contributed by atoms with Crippen LogP contribution in [0.25, 0.3) is 16.2 Å². The van der Waals surface area contributed by atoms with E-state index in [1.807, 2.05) is 0 Å². The van der Waals surface area contributed by atoms with Crippen molar-refractivity contribution in [1.82, 2.24) is 24.6 Å². The van der Waals surface area contributed by atoms with Gasteiger partial charge in [0.2, 0.25) is 5.78 Å². The first kappa shape index (κ1) is 32.1. The fourth-order valence-electron chi connectivity index (χ4n) is 4.33. The van der Waals surface area contributed by atoms with E-state index in [1.165, 1.54) is 23.1 Å². The van der Waals surface area contributed by atoms with E-state index in [2.05, 4.69) is 24.8 Å². The second-order valence-corrected chi connectivity index (χ2v) is 12.2. The van der Waals surface area contributed by atoms with Crippen molar-refractivity contribution in [2.24, 2.45) is 7.05 Å². The Hall–Kier alpha value is -4.83. The molecule has 2 aromatic heterocycles. The number of ketones is 1. The molecule has 0 unspecified atom stereocenters. The second kappa shape index (κ2) is 12.8. The summed E-state index contributed by atoms with van der Waals surface area (Å²) in [4.78, 5) is 54.9. The van der Waals surface area contributed by atoms with Crippen LogP contribution in [0.15, 0.2) is 36.7 Å². The van der Waals surface area contributed by atoms with Gasteiger partial charge in [0.1, 0.15) is 16.9 Å². The number of carbonyl (C=O) groups excluding carboxylic acids is 3. The largest absolute Gasteiger partial charge is 0.443 e. The molecule has 13 heteroatoms. The van der Waals surface area contributed by atoms with E-state index in [4.69, 9.17) is 20.8 Å². The summed E-state index contributed by atoms with van der Waals surface area (Å²) in [5.74, 6) is 0.557. The van der Waals surface area contributed by atoms with Crippen LogP contribution in [0, 0.1) is 6.57 Å². The second-order valence-electron chi connectivity index (χ2n) is 12.2. The average molecular weight is 604 g/mol. The molecule has 0 aliphatic carbocycles. The van der Waals surface area contributed by atoms with Crippen molar-refractivity contribution in [3.05, 3.63) is 64.9 Å². The van der Waals surface area contributed by atoms with Gasteiger partial charge in [0, 0.05) is 55.3 Å². The van der Waals surface area contributed by atoms with Crippen molar-refractivity contribution in [3.63, 3.8) is 0 Å². The summed E-state index contributed by atoms with van der Waals surface area (Å²) < 4.78 is 17.8. The van der Waals surface area contributed by atoms with Gasteiger partial charge in [0.25, 0.3) is 0 Å². The summed E-state index contributed by atoms with van der Waals surface area (Å²) in [5, 5.41) is 4.53. The molecule has 3 heterocycles. The van der Waals surface area contributed by atoms with E-state index >= 15 is 0 Å². The Balaban J connectivity index is 1.63. The number of aromatic nitrogens is 4. The van der Waals surface area contributed by atoms with Crippen molar-refractivity contribution in [2.45, 2.75) is 59.3 Å². The molecule has 232 valence electrons. The predicted octanol–water partition coefficient (Wildman–Crippen LogP) is 5.17. The third kappa shape index (κ3) is 7.96. The maximum atomic E-state index is 13.8. The minimum Gasteiger partial charge on any atom is -0.443 e. The zero-order valence-electron chi connectivity index (χ0n) is 26.1. The van der Waals surface area contributed by atoms with Crippen molar-refractivity contribution in [1.29, 1.82) is 0 Å². The minimum absolute atomic E-state index is 0.202. The number of morpholine rings is 1. The molecular formula is C31H37N7O6. The van der Waals surface area contributed by atoms with Crippen LogP contribution in [0.5, 0.6) is 0 Å². The summed E-state index contributed by atoms with van der Waals surface area (Å²) in [6, 6.07) is 6.46. The Bertz CT molecular complexity index is 1540. The molecule has 1 aliphatic rings. The smallest absolute Gasteiger partial charge is 0.420 e. The lowest BCUT2D eigenvalue weighted by Gasteiger charge is -2.28. The molecule has 1 saturated heterocycles. The fourth-order valence-corrected chi connectivity index (χ4v) is 4.33. The standard InChI is InChI=1S/C31H37N7O6/c1-30(2,3)43-28(40)38(29(41)44-31(4,5)6)19-20-17-33-27(34-18-20)22-10-9-21(32-7)15-23(22)26(39)24-16-25(35-36(24)8)37-11-13-42-14-12-37/h9-10,15-18H,11-14,19H2,1-6,8H3. The molecule has 1 fully saturated rings. The summed E-state index contributed by atoms with van der Waals surface area (Å²) >= 11 is 0. The first-order chi connectivity index (χ1) is 20.6. The Morgan fingerprint density at radius 3 is 2.11 bits per heavy atom. The number of anilines is 1. The van der Waals surface area contributed by atoms with Crippen LogP contribution in [-0.4, -0.2) is 80.1 Å². The summed E-state index contributed by atoms with van der Waals surface area (Å²) in [6.07, 6.45) is 1.18. The molecule has 1 aromatic carbocycles. The highest BCUT2D eigenvalue weighted by Gasteiger charge is 2.31. The fraction of sp³-hybridized carbons (Fsp3) is 0.452. The first-order valence-corrected chi connectivity index (χ1v) is 14.1. The minimum atomic E-state index is -0.869. The molecule has 4 rings (SSSR count). The van der Waals surface area contributed by atoms with Crippen LogP contribution in [0.4, 0.5) is 21.1 Å². The molecule has 2 amide bonds. The topological polar surface area (TPSA) is 133 Å². The number of ether oxygens (including phenoxy) is 3. The number of amides is 2. The summed E-state index contributed by atoms with van der Waals surface area (Å²) in [7, 11) is 1.70. The summed E-state index contributed by atoms with van der Waals surface area (Å²) in [5.41, 5.74) is 0.0414. The molecule has 0 bridgehead atoms. The van der Waals surface area contributed by atoms with Gasteiger partial charge in [-0.15, -0.1) is 0 Å². The maximum Gasteiger partial charge on any atom is 0.420 e. The normalized spacial score (nSPS) is 13.6. The molecule has 0 radical (unpaired) electrons. The zero-order chi connectivity index (χ0) is 32.2. The van der Waals surface area contributed by atoms with Crippen LogP contribution in [0.1, 0.15) is 63.2 Å².